The second-order valence-corrected chi connectivity index (χ2v) is 1.26. The zero-order valence-electron chi connectivity index (χ0n) is 4.24. The quantitative estimate of drug-likeness (QED) is 0.412. The molecule has 0 aromatic rings. The lowest BCUT2D eigenvalue weighted by Gasteiger charge is -1.91. The molecule has 1 aliphatic rings. The summed E-state index contributed by atoms with van der Waals surface area (Å²) in [6.07, 6.45) is 6.49. The summed E-state index contributed by atoms with van der Waals surface area (Å²) in [5.41, 5.74) is 0. The first-order valence-electron chi connectivity index (χ1n) is 2.21. The van der Waals surface area contributed by atoms with Crippen LogP contribution in [0, 0.1) is 0 Å². The van der Waals surface area contributed by atoms with Crippen LogP contribution in [0.1, 0.15) is 0 Å². The van der Waals surface area contributed by atoms with Crippen LogP contribution in [0.15, 0.2) is 29.6 Å². The van der Waals surface area contributed by atoms with Crippen molar-refractivity contribution in [3.05, 3.63) is 24.6 Å². The first kappa shape index (κ1) is 5.16. The van der Waals surface area contributed by atoms with Crippen LogP contribution in [-0.4, -0.2) is 13.6 Å². The molecule has 38 valence electrons. The highest BCUT2D eigenvalue weighted by Gasteiger charge is 1.84. The van der Waals surface area contributed by atoms with E-state index in [-0.39, 0.29) is 5.80 Å². The minimum absolute atomic E-state index is 0.176. The van der Waals surface area contributed by atoms with Gasteiger partial charge in [-0.2, -0.15) is 0 Å². The van der Waals surface area contributed by atoms with Crippen molar-refractivity contribution in [2.24, 2.45) is 4.99 Å². The summed E-state index contributed by atoms with van der Waals surface area (Å²) in [5.74, 6) is 0.176. The van der Waals surface area contributed by atoms with Gasteiger partial charge in [0.15, 0.2) is 7.85 Å². The van der Waals surface area contributed by atoms with Crippen molar-refractivity contribution in [1.82, 2.24) is 0 Å². The smallest absolute Gasteiger partial charge is 0.197 e. The summed E-state index contributed by atoms with van der Waals surface area (Å²) in [6, 6.07) is 0. The third-order valence-electron chi connectivity index (χ3n) is 0.666. The minimum Gasteiger partial charge on any atom is -0.462 e. The summed E-state index contributed by atoms with van der Waals surface area (Å²) in [5, 5.41) is 0. The lowest BCUT2D eigenvalue weighted by molar-refractivity contribution is 0.486. The Balaban J connectivity index is 2.69. The Kier molecular flexibility index (Phi) is 1.52. The molecule has 0 unspecified atom stereocenters. The van der Waals surface area contributed by atoms with E-state index < -0.39 is 0 Å². The molecule has 3 heteroatoms. The molecule has 0 N–H and O–H groups in total. The Morgan fingerprint density at radius 2 is 2.38 bits per heavy atom. The van der Waals surface area contributed by atoms with Crippen LogP contribution in [0.5, 0.6) is 0 Å². The number of nitrogens with zero attached hydrogens (tertiary/aromatic N) is 1. The molecule has 0 amide bonds. The molecule has 0 saturated heterocycles. The van der Waals surface area contributed by atoms with Crippen molar-refractivity contribution in [2.45, 2.75) is 0 Å². The van der Waals surface area contributed by atoms with Crippen molar-refractivity contribution in [1.29, 1.82) is 0 Å². The van der Waals surface area contributed by atoms with Gasteiger partial charge in [-0.25, -0.2) is 4.99 Å². The van der Waals surface area contributed by atoms with Gasteiger partial charge in [-0.3, -0.25) is 0 Å². The van der Waals surface area contributed by atoms with Crippen LogP contribution in [0.3, 0.4) is 0 Å². The normalized spacial score (nSPS) is 16.8. The van der Waals surface area contributed by atoms with E-state index >= 15 is 0 Å². The summed E-state index contributed by atoms with van der Waals surface area (Å²) < 4.78 is 4.69. The first-order chi connectivity index (χ1) is 3.89. The van der Waals surface area contributed by atoms with Crippen LogP contribution in [-0.2, 0) is 4.74 Å². The molecule has 0 atom stereocenters. The molecule has 0 aromatic heterocycles. The number of ether oxygens (including phenoxy) is 1. The van der Waals surface area contributed by atoms with Gasteiger partial charge in [0, 0.05) is 6.20 Å². The Bertz CT molecular complexity index is 160. The molecule has 1 rings (SSSR count). The molecular formula is C5H4BNO. The third-order valence-corrected chi connectivity index (χ3v) is 0.666. The average molecular weight is 105 g/mol. The lowest BCUT2D eigenvalue weighted by Crippen LogP contribution is -1.95. The van der Waals surface area contributed by atoms with Crippen LogP contribution in [0.25, 0.3) is 0 Å². The molecule has 2 radical (unpaired) electrons. The number of aliphatic imine (C=N–C) groups is 1. The predicted octanol–water partition coefficient (Wildman–Crippen LogP) is 0.569. The van der Waals surface area contributed by atoms with Gasteiger partial charge in [-0.05, 0) is 12.2 Å². The molecule has 1 aliphatic heterocycles. The maximum absolute atomic E-state index is 5.16. The van der Waals surface area contributed by atoms with Gasteiger partial charge in [0.1, 0.15) is 5.80 Å². The van der Waals surface area contributed by atoms with Crippen LogP contribution in [0.4, 0.5) is 0 Å². The zero-order chi connectivity index (χ0) is 5.82. The zero-order valence-corrected chi connectivity index (χ0v) is 4.24. The van der Waals surface area contributed by atoms with Crippen molar-refractivity contribution in [2.75, 3.05) is 0 Å². The van der Waals surface area contributed by atoms with Gasteiger partial charge in [-0.1, -0.05) is 0 Å². The molecule has 0 bridgehead atoms. The molecule has 0 spiro atoms. The molecule has 8 heavy (non-hydrogen) atoms. The van der Waals surface area contributed by atoms with E-state index in [1.165, 1.54) is 6.26 Å². The third kappa shape index (κ3) is 1.26. The fourth-order valence-electron chi connectivity index (χ4n) is 0.351. The van der Waals surface area contributed by atoms with E-state index in [4.69, 9.17) is 7.85 Å². The molecule has 0 aromatic carbocycles. The van der Waals surface area contributed by atoms with E-state index in [0.29, 0.717) is 0 Å². The maximum Gasteiger partial charge on any atom is 0.197 e. The number of hydrogen-bond acceptors (Lipinski definition) is 2. The van der Waals surface area contributed by atoms with Gasteiger partial charge < -0.3 is 4.74 Å². The Hall–Kier alpha value is -0.985. The maximum atomic E-state index is 5.16. The summed E-state index contributed by atoms with van der Waals surface area (Å²) in [4.78, 5) is 3.65. The minimum atomic E-state index is 0.176. The summed E-state index contributed by atoms with van der Waals surface area (Å²) >= 11 is 0. The van der Waals surface area contributed by atoms with Crippen molar-refractivity contribution >= 4 is 13.6 Å². The Morgan fingerprint density at radius 1 is 1.50 bits per heavy atom. The van der Waals surface area contributed by atoms with E-state index in [9.17, 15) is 0 Å². The SMILES string of the molecule is [B]C1=NC=CC=CO1. The largest absolute Gasteiger partial charge is 0.462 e. The Labute approximate surface area is 49.0 Å². The fraction of sp³-hybridized carbons (Fsp3) is 0. The molecule has 1 heterocycles. The van der Waals surface area contributed by atoms with E-state index in [2.05, 4.69) is 9.73 Å². The number of hydrogen-bond donors (Lipinski definition) is 0. The van der Waals surface area contributed by atoms with Gasteiger partial charge in [-0.15, -0.1) is 0 Å². The highest BCUT2D eigenvalue weighted by atomic mass is 16.5. The molecule has 0 saturated carbocycles. The van der Waals surface area contributed by atoms with Crippen molar-refractivity contribution in [3.8, 4) is 0 Å². The van der Waals surface area contributed by atoms with Crippen LogP contribution in [0.2, 0.25) is 0 Å². The van der Waals surface area contributed by atoms with E-state index in [1.807, 2.05) is 0 Å². The number of allylic oxidation sites excluding steroid dienone is 2. The summed E-state index contributed by atoms with van der Waals surface area (Å²) in [6.45, 7) is 0. The second kappa shape index (κ2) is 2.35. The Morgan fingerprint density at radius 3 is 3.25 bits per heavy atom. The number of rotatable bonds is 0. The van der Waals surface area contributed by atoms with Crippen LogP contribution >= 0.6 is 0 Å². The fourth-order valence-corrected chi connectivity index (χ4v) is 0.351. The van der Waals surface area contributed by atoms with Gasteiger partial charge in [0.05, 0.1) is 6.26 Å². The standard InChI is InChI=1S/C5H4BNO/c6-5-7-3-1-2-4-8-5/h1-4H. The second-order valence-electron chi connectivity index (χ2n) is 1.26. The molecule has 0 aliphatic carbocycles. The van der Waals surface area contributed by atoms with Crippen molar-refractivity contribution in [3.63, 3.8) is 0 Å². The predicted molar refractivity (Wildman–Crippen MR) is 32.6 cm³/mol. The van der Waals surface area contributed by atoms with Gasteiger partial charge in [0.2, 0.25) is 0 Å². The van der Waals surface area contributed by atoms with E-state index in [1.54, 1.807) is 18.4 Å². The highest BCUT2D eigenvalue weighted by molar-refractivity contribution is 6.57. The molecule has 0 fully saturated rings. The monoisotopic (exact) mass is 105 g/mol. The van der Waals surface area contributed by atoms with Crippen molar-refractivity contribution < 1.29 is 4.74 Å². The van der Waals surface area contributed by atoms with Gasteiger partial charge >= 0.3 is 0 Å². The topological polar surface area (TPSA) is 21.6 Å². The average Bonchev–Trinajstić information content (AvgIpc) is 1.94. The van der Waals surface area contributed by atoms with Gasteiger partial charge in [0.25, 0.3) is 0 Å². The molecular weight excluding hydrogens is 101 g/mol. The van der Waals surface area contributed by atoms with Crippen LogP contribution < -0.4 is 0 Å². The first-order valence-corrected chi connectivity index (χ1v) is 2.21. The highest BCUT2D eigenvalue weighted by Crippen LogP contribution is 1.88. The molecule has 2 nitrogen and oxygen atoms in total. The van der Waals surface area contributed by atoms with E-state index in [0.717, 1.165) is 0 Å². The lowest BCUT2D eigenvalue weighted by atomic mass is 10.2. The summed E-state index contributed by atoms with van der Waals surface area (Å²) in [7, 11) is 5.16.